The highest BCUT2D eigenvalue weighted by Crippen LogP contribution is 2.29. The lowest BCUT2D eigenvalue weighted by atomic mass is 10.1. The van der Waals surface area contributed by atoms with Gasteiger partial charge in [0, 0.05) is 24.0 Å². The van der Waals surface area contributed by atoms with Crippen LogP contribution in [0.3, 0.4) is 0 Å². The Morgan fingerprint density at radius 1 is 1.40 bits per heavy atom. The Balaban J connectivity index is 1.75. The number of amides is 2. The molecule has 0 aromatic heterocycles. The van der Waals surface area contributed by atoms with Crippen LogP contribution in [0.2, 0.25) is 0 Å². The molecular formula is C14H16N2O3S. The third-order valence-corrected chi connectivity index (χ3v) is 4.89. The molecule has 20 heavy (non-hydrogen) atoms. The summed E-state index contributed by atoms with van der Waals surface area (Å²) in [6.07, 6.45) is 1.73. The molecule has 0 aliphatic carbocycles. The van der Waals surface area contributed by atoms with Crippen LogP contribution < -0.4 is 10.2 Å². The van der Waals surface area contributed by atoms with Crippen molar-refractivity contribution in [3.63, 3.8) is 0 Å². The number of carbonyl (C=O) groups is 2. The molecule has 2 heterocycles. The fraction of sp³-hybridized carbons (Fsp3) is 0.429. The highest BCUT2D eigenvalue weighted by molar-refractivity contribution is 7.99. The molecule has 1 fully saturated rings. The molecule has 1 atom stereocenters. The van der Waals surface area contributed by atoms with Gasteiger partial charge in [0.1, 0.15) is 0 Å². The molecule has 6 heteroatoms. The van der Waals surface area contributed by atoms with Crippen molar-refractivity contribution >= 4 is 29.4 Å². The largest absolute Gasteiger partial charge is 0.478 e. The first-order valence-electron chi connectivity index (χ1n) is 6.67. The monoisotopic (exact) mass is 292 g/mol. The van der Waals surface area contributed by atoms with Gasteiger partial charge < -0.3 is 10.4 Å². The second kappa shape index (κ2) is 5.36. The number of nitrogens with zero attached hydrogens (tertiary/aromatic N) is 1. The molecule has 2 aliphatic heterocycles. The highest BCUT2D eigenvalue weighted by atomic mass is 32.2. The summed E-state index contributed by atoms with van der Waals surface area (Å²) in [5, 5.41) is 12.0. The van der Waals surface area contributed by atoms with Crippen LogP contribution in [0, 0.1) is 0 Å². The first-order chi connectivity index (χ1) is 9.65. The molecule has 1 aromatic carbocycles. The van der Waals surface area contributed by atoms with E-state index in [4.69, 9.17) is 5.11 Å². The number of hydrogen-bond acceptors (Lipinski definition) is 3. The quantitative estimate of drug-likeness (QED) is 0.874. The zero-order valence-corrected chi connectivity index (χ0v) is 11.8. The minimum atomic E-state index is -0.932. The van der Waals surface area contributed by atoms with Crippen molar-refractivity contribution in [2.24, 2.45) is 0 Å². The molecule has 1 saturated heterocycles. The van der Waals surface area contributed by atoms with Crippen LogP contribution in [0.5, 0.6) is 0 Å². The first kappa shape index (κ1) is 13.3. The molecule has 0 radical (unpaired) electrons. The number of hydrogen-bond donors (Lipinski definition) is 2. The number of carboxylic acids is 1. The summed E-state index contributed by atoms with van der Waals surface area (Å²) in [6, 6.07) is 5.14. The van der Waals surface area contributed by atoms with Gasteiger partial charge in [0.2, 0.25) is 0 Å². The summed E-state index contributed by atoms with van der Waals surface area (Å²) in [7, 11) is 0. The van der Waals surface area contributed by atoms with Crippen molar-refractivity contribution in [1.82, 2.24) is 5.32 Å². The van der Waals surface area contributed by atoms with E-state index >= 15 is 0 Å². The van der Waals surface area contributed by atoms with Crippen molar-refractivity contribution in [1.29, 1.82) is 0 Å². The summed E-state index contributed by atoms with van der Waals surface area (Å²) in [6.45, 7) is 0.615. The number of thioether (sulfide) groups is 1. The molecule has 2 aliphatic rings. The molecule has 3 rings (SSSR count). The number of benzene rings is 1. The summed E-state index contributed by atoms with van der Waals surface area (Å²) in [5.74, 6) is 1.15. The number of anilines is 1. The third-order valence-electron chi connectivity index (χ3n) is 3.72. The Bertz CT molecular complexity index is 555. The average Bonchev–Trinajstić information content (AvgIpc) is 3.06. The number of aromatic carboxylic acids is 1. The number of nitrogens with one attached hydrogen (secondary N) is 1. The van der Waals surface area contributed by atoms with Gasteiger partial charge in [0.25, 0.3) is 0 Å². The fourth-order valence-corrected chi connectivity index (χ4v) is 3.80. The van der Waals surface area contributed by atoms with E-state index < -0.39 is 5.97 Å². The summed E-state index contributed by atoms with van der Waals surface area (Å²) in [4.78, 5) is 24.9. The highest BCUT2D eigenvalue weighted by Gasteiger charge is 2.27. The lowest BCUT2D eigenvalue weighted by Crippen LogP contribution is -2.44. The van der Waals surface area contributed by atoms with Crippen molar-refractivity contribution < 1.29 is 14.7 Å². The van der Waals surface area contributed by atoms with Crippen LogP contribution >= 0.6 is 11.8 Å². The number of fused-ring (bicyclic) bond motifs is 1. The second-order valence-corrected chi connectivity index (χ2v) is 6.21. The third kappa shape index (κ3) is 2.47. The minimum absolute atomic E-state index is 0.0701. The molecular weight excluding hydrogens is 276 g/mol. The Morgan fingerprint density at radius 2 is 2.25 bits per heavy atom. The second-order valence-electron chi connectivity index (χ2n) is 5.06. The molecule has 2 amide bonds. The lowest BCUT2D eigenvalue weighted by molar-refractivity contribution is 0.0697. The van der Waals surface area contributed by atoms with Gasteiger partial charge in [-0.05, 0) is 42.4 Å². The van der Waals surface area contributed by atoms with Crippen molar-refractivity contribution in [3.05, 3.63) is 29.3 Å². The van der Waals surface area contributed by atoms with Gasteiger partial charge in [0.15, 0.2) is 0 Å². The summed E-state index contributed by atoms with van der Waals surface area (Å²) < 4.78 is 0. The number of carbonyl (C=O) groups excluding carboxylic acids is 1. The van der Waals surface area contributed by atoms with Crippen molar-refractivity contribution in [2.45, 2.75) is 18.9 Å². The van der Waals surface area contributed by atoms with Gasteiger partial charge in [-0.15, -0.1) is 0 Å². The maximum atomic E-state index is 12.3. The van der Waals surface area contributed by atoms with Crippen LogP contribution in [-0.2, 0) is 6.42 Å². The van der Waals surface area contributed by atoms with Crippen LogP contribution in [0.1, 0.15) is 22.3 Å². The average molecular weight is 292 g/mol. The SMILES string of the molecule is O=C(O)c1ccc2c(c1)CCN2C(=O)NC1CCSC1. The summed E-state index contributed by atoms with van der Waals surface area (Å²) in [5.41, 5.74) is 2.04. The van der Waals surface area contributed by atoms with E-state index in [2.05, 4.69) is 5.32 Å². The molecule has 1 unspecified atom stereocenters. The normalized spacial score (nSPS) is 20.8. The molecule has 0 bridgehead atoms. The van der Waals surface area contributed by atoms with Gasteiger partial charge in [-0.25, -0.2) is 9.59 Å². The van der Waals surface area contributed by atoms with E-state index in [0.29, 0.717) is 13.0 Å². The van der Waals surface area contributed by atoms with E-state index in [-0.39, 0.29) is 17.6 Å². The molecule has 0 saturated carbocycles. The van der Waals surface area contributed by atoms with Gasteiger partial charge in [0.05, 0.1) is 5.56 Å². The first-order valence-corrected chi connectivity index (χ1v) is 7.82. The van der Waals surface area contributed by atoms with Gasteiger partial charge >= 0.3 is 12.0 Å². The van der Waals surface area contributed by atoms with Crippen molar-refractivity contribution in [3.8, 4) is 0 Å². The van der Waals surface area contributed by atoms with Crippen LogP contribution in [0.4, 0.5) is 10.5 Å². The maximum absolute atomic E-state index is 12.3. The minimum Gasteiger partial charge on any atom is -0.478 e. The van der Waals surface area contributed by atoms with E-state index in [1.807, 2.05) is 11.8 Å². The Morgan fingerprint density at radius 3 is 2.95 bits per heavy atom. The molecule has 0 spiro atoms. The number of urea groups is 1. The Labute approximate surface area is 121 Å². The van der Waals surface area contributed by atoms with E-state index in [1.54, 1.807) is 23.1 Å². The molecule has 106 valence electrons. The van der Waals surface area contributed by atoms with Gasteiger partial charge in [-0.1, -0.05) is 0 Å². The lowest BCUT2D eigenvalue weighted by Gasteiger charge is -2.21. The smallest absolute Gasteiger partial charge is 0.335 e. The molecule has 1 aromatic rings. The van der Waals surface area contributed by atoms with Crippen LogP contribution in [-0.4, -0.2) is 41.2 Å². The predicted octanol–water partition coefficient (Wildman–Crippen LogP) is 1.96. The number of carboxylic acid groups (broad SMARTS) is 1. The van der Waals surface area contributed by atoms with E-state index in [0.717, 1.165) is 29.2 Å². The number of rotatable bonds is 2. The van der Waals surface area contributed by atoms with E-state index in [9.17, 15) is 9.59 Å². The predicted molar refractivity (Wildman–Crippen MR) is 78.7 cm³/mol. The Hall–Kier alpha value is -1.69. The fourth-order valence-electron chi connectivity index (χ4n) is 2.65. The van der Waals surface area contributed by atoms with Gasteiger partial charge in [-0.2, -0.15) is 11.8 Å². The zero-order valence-electron chi connectivity index (χ0n) is 11.0. The maximum Gasteiger partial charge on any atom is 0.335 e. The standard InChI is InChI=1S/C14H16N2O3S/c17-13(18)10-1-2-12-9(7-10)3-5-16(12)14(19)15-11-4-6-20-8-11/h1-2,7,11H,3-6,8H2,(H,15,19)(H,17,18). The molecule has 2 N–H and O–H groups in total. The Kier molecular flexibility index (Phi) is 3.56. The van der Waals surface area contributed by atoms with E-state index in [1.165, 1.54) is 0 Å². The topological polar surface area (TPSA) is 69.6 Å². The van der Waals surface area contributed by atoms with Crippen molar-refractivity contribution in [2.75, 3.05) is 23.0 Å². The molecule has 5 nitrogen and oxygen atoms in total. The van der Waals surface area contributed by atoms with Crippen LogP contribution in [0.25, 0.3) is 0 Å². The zero-order chi connectivity index (χ0) is 14.1. The summed E-state index contributed by atoms with van der Waals surface area (Å²) >= 11 is 1.86. The van der Waals surface area contributed by atoms with Crippen LogP contribution in [0.15, 0.2) is 18.2 Å². The van der Waals surface area contributed by atoms with Gasteiger partial charge in [-0.3, -0.25) is 4.90 Å².